The molecule has 0 atom stereocenters. The quantitative estimate of drug-likeness (QED) is 0.362. The fourth-order valence-electron chi connectivity index (χ4n) is 3.36. The van der Waals surface area contributed by atoms with Crippen molar-refractivity contribution in [1.82, 2.24) is 9.97 Å². The summed E-state index contributed by atoms with van der Waals surface area (Å²) in [7, 11) is 3.15. The molecule has 0 saturated carbocycles. The molecule has 0 aliphatic rings. The van der Waals surface area contributed by atoms with Crippen molar-refractivity contribution in [3.63, 3.8) is 0 Å². The Balaban J connectivity index is 1.53. The van der Waals surface area contributed by atoms with Gasteiger partial charge in [0.25, 0.3) is 0 Å². The Morgan fingerprint density at radius 2 is 1.55 bits per heavy atom. The highest BCUT2D eigenvalue weighted by Gasteiger charge is 2.13. The van der Waals surface area contributed by atoms with E-state index in [4.69, 9.17) is 19.4 Å². The van der Waals surface area contributed by atoms with Crippen LogP contribution < -0.4 is 14.8 Å². The number of hydrogen-bond acceptors (Lipinski definition) is 6. The van der Waals surface area contributed by atoms with E-state index in [0.717, 1.165) is 27.3 Å². The summed E-state index contributed by atoms with van der Waals surface area (Å²) >= 11 is 1.38. The zero-order valence-electron chi connectivity index (χ0n) is 18.8. The number of nitrogens with one attached hydrogen (secondary N) is 1. The smallest absolute Gasteiger partial charge is 0.234 e. The van der Waals surface area contributed by atoms with Crippen LogP contribution in [0.1, 0.15) is 16.8 Å². The van der Waals surface area contributed by atoms with Crippen LogP contribution in [-0.2, 0) is 11.2 Å². The number of aryl methyl sites for hydroxylation is 1. The van der Waals surface area contributed by atoms with Crippen molar-refractivity contribution in [3.8, 4) is 11.5 Å². The Bertz CT molecular complexity index is 1250. The predicted octanol–water partition coefficient (Wildman–Crippen LogP) is 5.28. The molecule has 7 heteroatoms. The summed E-state index contributed by atoms with van der Waals surface area (Å²) in [5.41, 5.74) is 5.49. The molecule has 1 N–H and O–H groups in total. The maximum atomic E-state index is 12.7. The Hall–Kier alpha value is -3.58. The highest BCUT2D eigenvalue weighted by atomic mass is 32.2. The normalized spacial score (nSPS) is 10.8. The van der Waals surface area contributed by atoms with Crippen molar-refractivity contribution in [1.29, 1.82) is 0 Å². The molecule has 3 aromatic carbocycles. The van der Waals surface area contributed by atoms with E-state index in [0.29, 0.717) is 23.6 Å². The number of ether oxygens (including phenoxy) is 2. The number of carbonyl (C=O) groups is 1. The fraction of sp³-hybridized carbons (Fsp3) is 0.192. The Morgan fingerprint density at radius 3 is 2.18 bits per heavy atom. The summed E-state index contributed by atoms with van der Waals surface area (Å²) in [5.74, 6) is 1.27. The number of nitrogens with zero attached hydrogens (tertiary/aromatic N) is 2. The van der Waals surface area contributed by atoms with Gasteiger partial charge in [-0.15, -0.1) is 0 Å². The van der Waals surface area contributed by atoms with Gasteiger partial charge in [-0.3, -0.25) is 4.79 Å². The van der Waals surface area contributed by atoms with Gasteiger partial charge in [-0.1, -0.05) is 53.7 Å². The van der Waals surface area contributed by atoms with Crippen molar-refractivity contribution in [2.75, 3.05) is 25.3 Å². The van der Waals surface area contributed by atoms with Gasteiger partial charge in [-0.25, -0.2) is 9.97 Å². The molecule has 0 radical (unpaired) electrons. The van der Waals surface area contributed by atoms with E-state index in [1.54, 1.807) is 32.4 Å². The van der Waals surface area contributed by atoms with Crippen molar-refractivity contribution >= 4 is 34.4 Å². The van der Waals surface area contributed by atoms with Gasteiger partial charge >= 0.3 is 0 Å². The average Bonchev–Trinajstić information content (AvgIpc) is 2.83. The molecule has 168 valence electrons. The predicted molar refractivity (Wildman–Crippen MR) is 132 cm³/mol. The number of aromatic nitrogens is 2. The van der Waals surface area contributed by atoms with Gasteiger partial charge in [0, 0.05) is 30.3 Å². The monoisotopic (exact) mass is 459 g/mol. The molecule has 6 nitrogen and oxygen atoms in total. The summed E-state index contributed by atoms with van der Waals surface area (Å²) in [5, 5.41) is 3.66. The number of anilines is 1. The zero-order valence-corrected chi connectivity index (χ0v) is 19.6. The van der Waals surface area contributed by atoms with Gasteiger partial charge in [-0.05, 0) is 24.6 Å². The molecule has 33 heavy (non-hydrogen) atoms. The highest BCUT2D eigenvalue weighted by Crippen LogP contribution is 2.27. The Kier molecular flexibility index (Phi) is 7.10. The molecule has 0 saturated heterocycles. The summed E-state index contributed by atoms with van der Waals surface area (Å²) in [6, 6.07) is 21.4. The molecule has 0 aliphatic heterocycles. The lowest BCUT2D eigenvalue weighted by Gasteiger charge is -2.11. The largest absolute Gasteiger partial charge is 0.497 e. The second-order valence-corrected chi connectivity index (χ2v) is 8.53. The SMILES string of the molecule is COc1cc(NC(=O)CSc2nc3ccccc3nc2Cc2ccc(C)cc2)cc(OC)c1. The van der Waals surface area contributed by atoms with E-state index in [-0.39, 0.29) is 11.7 Å². The summed E-state index contributed by atoms with van der Waals surface area (Å²) in [6.07, 6.45) is 0.648. The Morgan fingerprint density at radius 1 is 0.909 bits per heavy atom. The van der Waals surface area contributed by atoms with E-state index in [9.17, 15) is 4.79 Å². The van der Waals surface area contributed by atoms with Crippen molar-refractivity contribution in [3.05, 3.63) is 83.6 Å². The van der Waals surface area contributed by atoms with Crippen LogP contribution in [0.4, 0.5) is 5.69 Å². The van der Waals surface area contributed by atoms with Crippen LogP contribution in [0, 0.1) is 6.92 Å². The van der Waals surface area contributed by atoms with E-state index in [1.807, 2.05) is 24.3 Å². The number of fused-ring (bicyclic) bond motifs is 1. The minimum Gasteiger partial charge on any atom is -0.497 e. The second kappa shape index (κ2) is 10.4. The standard InChI is InChI=1S/C26H25N3O3S/c1-17-8-10-18(11-9-17)12-24-26(29-23-7-5-4-6-22(23)28-24)33-16-25(30)27-19-13-20(31-2)15-21(14-19)32-3/h4-11,13-15H,12,16H2,1-3H3,(H,27,30). The number of methoxy groups -OCH3 is 2. The van der Waals surface area contributed by atoms with Crippen molar-refractivity contribution in [2.45, 2.75) is 18.4 Å². The van der Waals surface area contributed by atoms with Crippen LogP contribution in [0.15, 0.2) is 71.8 Å². The first kappa shape index (κ1) is 22.6. The molecule has 0 spiro atoms. The molecule has 0 unspecified atom stereocenters. The summed E-state index contributed by atoms with van der Waals surface area (Å²) in [6.45, 7) is 2.07. The molecule has 0 bridgehead atoms. The van der Waals surface area contributed by atoms with E-state index in [2.05, 4.69) is 36.5 Å². The average molecular weight is 460 g/mol. The minimum atomic E-state index is -0.147. The number of amides is 1. The van der Waals surface area contributed by atoms with E-state index < -0.39 is 0 Å². The van der Waals surface area contributed by atoms with E-state index >= 15 is 0 Å². The summed E-state index contributed by atoms with van der Waals surface area (Å²) < 4.78 is 10.5. The number of hydrogen-bond donors (Lipinski definition) is 1. The third kappa shape index (κ3) is 5.81. The maximum Gasteiger partial charge on any atom is 0.234 e. The topological polar surface area (TPSA) is 73.3 Å². The molecular formula is C26H25N3O3S. The van der Waals surface area contributed by atoms with Gasteiger partial charge in [0.15, 0.2) is 0 Å². The van der Waals surface area contributed by atoms with Gasteiger partial charge in [-0.2, -0.15) is 0 Å². The van der Waals surface area contributed by atoms with Crippen LogP contribution in [0.25, 0.3) is 11.0 Å². The third-order valence-electron chi connectivity index (χ3n) is 5.07. The number of rotatable bonds is 8. The lowest BCUT2D eigenvalue weighted by molar-refractivity contribution is -0.113. The molecule has 1 amide bonds. The second-order valence-electron chi connectivity index (χ2n) is 7.56. The van der Waals surface area contributed by atoms with Gasteiger partial charge in [0.2, 0.25) is 5.91 Å². The highest BCUT2D eigenvalue weighted by molar-refractivity contribution is 8.00. The van der Waals surface area contributed by atoms with Crippen LogP contribution in [0.5, 0.6) is 11.5 Å². The zero-order chi connectivity index (χ0) is 23.2. The lowest BCUT2D eigenvalue weighted by Crippen LogP contribution is -2.14. The first-order valence-corrected chi connectivity index (χ1v) is 11.5. The molecular weight excluding hydrogens is 434 g/mol. The Labute approximate surface area is 197 Å². The number of para-hydroxylation sites is 2. The minimum absolute atomic E-state index is 0.147. The van der Waals surface area contributed by atoms with Crippen LogP contribution >= 0.6 is 11.8 Å². The van der Waals surface area contributed by atoms with Crippen molar-refractivity contribution in [2.24, 2.45) is 0 Å². The van der Waals surface area contributed by atoms with Crippen LogP contribution in [0.2, 0.25) is 0 Å². The van der Waals surface area contributed by atoms with Crippen molar-refractivity contribution < 1.29 is 14.3 Å². The molecule has 0 aliphatic carbocycles. The molecule has 0 fully saturated rings. The third-order valence-corrected chi connectivity index (χ3v) is 6.08. The van der Waals surface area contributed by atoms with Gasteiger partial charge in [0.05, 0.1) is 36.7 Å². The maximum absolute atomic E-state index is 12.7. The number of benzene rings is 3. The molecule has 1 aromatic heterocycles. The first-order chi connectivity index (χ1) is 16.0. The van der Waals surface area contributed by atoms with Crippen LogP contribution in [-0.4, -0.2) is 35.8 Å². The van der Waals surface area contributed by atoms with Crippen LogP contribution in [0.3, 0.4) is 0 Å². The fourth-order valence-corrected chi connectivity index (χ4v) is 4.15. The number of thioether (sulfide) groups is 1. The first-order valence-electron chi connectivity index (χ1n) is 10.5. The van der Waals surface area contributed by atoms with Gasteiger partial charge in [0.1, 0.15) is 16.5 Å². The number of carbonyl (C=O) groups excluding carboxylic acids is 1. The molecule has 1 heterocycles. The molecule has 4 aromatic rings. The van der Waals surface area contributed by atoms with Gasteiger partial charge < -0.3 is 14.8 Å². The summed E-state index contributed by atoms with van der Waals surface area (Å²) in [4.78, 5) is 22.3. The lowest BCUT2D eigenvalue weighted by atomic mass is 10.1. The molecule has 4 rings (SSSR count). The van der Waals surface area contributed by atoms with E-state index in [1.165, 1.54) is 17.3 Å².